The van der Waals surface area contributed by atoms with Crippen LogP contribution < -0.4 is 5.32 Å². The van der Waals surface area contributed by atoms with E-state index in [0.29, 0.717) is 17.0 Å². The predicted molar refractivity (Wildman–Crippen MR) is 111 cm³/mol. The number of anilines is 1. The van der Waals surface area contributed by atoms with Crippen LogP contribution in [0.1, 0.15) is 34.8 Å². The Morgan fingerprint density at radius 2 is 1.80 bits per heavy atom. The molecule has 3 aromatic heterocycles. The number of benzene rings is 1. The normalized spacial score (nSPS) is 12.3. The molecule has 0 saturated heterocycles. The second-order valence-electron chi connectivity index (χ2n) is 7.63. The van der Waals surface area contributed by atoms with Gasteiger partial charge in [-0.2, -0.15) is 36.4 Å². The van der Waals surface area contributed by atoms with E-state index in [9.17, 15) is 31.1 Å². The van der Waals surface area contributed by atoms with Gasteiger partial charge in [0.05, 0.1) is 16.9 Å². The number of carbonyl (C=O) groups excluding carboxylic acids is 1. The Balaban J connectivity index is 1.58. The van der Waals surface area contributed by atoms with E-state index >= 15 is 0 Å². The molecule has 0 saturated carbocycles. The molecule has 4 rings (SSSR count). The van der Waals surface area contributed by atoms with Gasteiger partial charge in [-0.05, 0) is 50.1 Å². The maximum Gasteiger partial charge on any atom is 0.453 e. The third kappa shape index (κ3) is 4.95. The van der Waals surface area contributed by atoms with E-state index < -0.39 is 29.6 Å². The maximum atomic E-state index is 13.2. The molecule has 4 aromatic rings. The molecule has 35 heavy (non-hydrogen) atoms. The van der Waals surface area contributed by atoms with Crippen LogP contribution >= 0.6 is 0 Å². The summed E-state index contributed by atoms with van der Waals surface area (Å²) in [4.78, 5) is 20.1. The van der Waals surface area contributed by atoms with Crippen molar-refractivity contribution in [2.24, 2.45) is 0 Å². The highest BCUT2D eigenvalue weighted by Gasteiger charge is 2.37. The first-order chi connectivity index (χ1) is 16.3. The summed E-state index contributed by atoms with van der Waals surface area (Å²) in [6.45, 7) is 3.08. The molecule has 0 fully saturated rings. The first-order valence-electron chi connectivity index (χ1n) is 10.2. The van der Waals surface area contributed by atoms with Crippen LogP contribution in [0.15, 0.2) is 36.7 Å². The number of halogens is 6. The van der Waals surface area contributed by atoms with Crippen molar-refractivity contribution in [3.63, 3.8) is 0 Å². The van der Waals surface area contributed by atoms with E-state index in [1.807, 2.05) is 0 Å². The van der Waals surface area contributed by atoms with Crippen molar-refractivity contribution in [3.8, 4) is 5.69 Å². The minimum absolute atomic E-state index is 0.0592. The predicted octanol–water partition coefficient (Wildman–Crippen LogP) is 4.54. The third-order valence-corrected chi connectivity index (χ3v) is 5.25. The van der Waals surface area contributed by atoms with Gasteiger partial charge < -0.3 is 5.32 Å². The van der Waals surface area contributed by atoms with Crippen molar-refractivity contribution < 1.29 is 31.1 Å². The zero-order valence-corrected chi connectivity index (χ0v) is 18.2. The Morgan fingerprint density at radius 1 is 1.06 bits per heavy atom. The van der Waals surface area contributed by atoms with Crippen LogP contribution in [0, 0.1) is 13.8 Å². The summed E-state index contributed by atoms with van der Waals surface area (Å²) in [6.07, 6.45) is -6.53. The summed E-state index contributed by atoms with van der Waals surface area (Å²) >= 11 is 0. The van der Waals surface area contributed by atoms with Crippen LogP contribution in [0.5, 0.6) is 0 Å². The summed E-state index contributed by atoms with van der Waals surface area (Å²) in [5.74, 6) is -2.17. The fourth-order valence-corrected chi connectivity index (χ4v) is 3.57. The summed E-state index contributed by atoms with van der Waals surface area (Å²) in [5, 5.41) is 9.92. The molecule has 0 aliphatic heterocycles. The standard InChI is InChI=1S/C21H17F6N7O/c1-11-14(12(2)34-19(29-11)31-18(32-34)21(25,26)27)5-7-17(35)30-15-10-13(20(22,23)24)4-6-16(15)33-9-3-8-28-33/h3-4,6,8-10H,5,7H2,1-2H3,(H,30,35). The number of nitrogens with zero attached hydrogens (tertiary/aromatic N) is 6. The topological polar surface area (TPSA) is 90.0 Å². The van der Waals surface area contributed by atoms with Crippen molar-refractivity contribution >= 4 is 17.4 Å². The van der Waals surface area contributed by atoms with Crippen LogP contribution in [0.3, 0.4) is 0 Å². The average Bonchev–Trinajstić information content (AvgIpc) is 3.43. The van der Waals surface area contributed by atoms with Crippen LogP contribution in [-0.2, 0) is 23.6 Å². The molecule has 0 aliphatic rings. The first kappa shape index (κ1) is 24.2. The third-order valence-electron chi connectivity index (χ3n) is 5.25. The van der Waals surface area contributed by atoms with Gasteiger partial charge in [-0.15, -0.1) is 5.10 Å². The van der Waals surface area contributed by atoms with Gasteiger partial charge in [-0.25, -0.2) is 14.2 Å². The number of carbonyl (C=O) groups is 1. The quantitative estimate of drug-likeness (QED) is 0.409. The van der Waals surface area contributed by atoms with E-state index in [0.717, 1.165) is 16.6 Å². The Morgan fingerprint density at radius 3 is 2.43 bits per heavy atom. The van der Waals surface area contributed by atoms with Crippen LogP contribution in [0.2, 0.25) is 0 Å². The van der Waals surface area contributed by atoms with Gasteiger partial charge in [0.1, 0.15) is 0 Å². The van der Waals surface area contributed by atoms with Crippen LogP contribution in [0.25, 0.3) is 11.5 Å². The van der Waals surface area contributed by atoms with Crippen molar-refractivity contribution in [1.82, 2.24) is 29.4 Å². The fraction of sp³-hybridized carbons (Fsp3) is 0.286. The zero-order valence-electron chi connectivity index (χ0n) is 18.2. The van der Waals surface area contributed by atoms with Crippen molar-refractivity contribution in [3.05, 3.63) is 65.0 Å². The van der Waals surface area contributed by atoms with E-state index in [1.165, 1.54) is 30.1 Å². The molecule has 0 aliphatic carbocycles. The minimum atomic E-state index is -4.74. The number of aryl methyl sites for hydroxylation is 2. The molecule has 0 bridgehead atoms. The minimum Gasteiger partial charge on any atom is -0.324 e. The van der Waals surface area contributed by atoms with Gasteiger partial charge in [0.25, 0.3) is 11.6 Å². The number of rotatable bonds is 5. The molecule has 8 nitrogen and oxygen atoms in total. The summed E-state index contributed by atoms with van der Waals surface area (Å²) in [5.41, 5.74) is 0.342. The zero-order chi connectivity index (χ0) is 25.5. The number of fused-ring (bicyclic) bond motifs is 1. The second-order valence-corrected chi connectivity index (χ2v) is 7.63. The molecule has 1 amide bonds. The van der Waals surface area contributed by atoms with E-state index in [4.69, 9.17) is 0 Å². The van der Waals surface area contributed by atoms with Gasteiger partial charge >= 0.3 is 12.4 Å². The molecule has 184 valence electrons. The number of amides is 1. The van der Waals surface area contributed by atoms with E-state index in [1.54, 1.807) is 13.0 Å². The molecule has 0 atom stereocenters. The van der Waals surface area contributed by atoms with Gasteiger partial charge in [-0.3, -0.25) is 4.79 Å². The molecule has 3 heterocycles. The van der Waals surface area contributed by atoms with Gasteiger partial charge in [0.15, 0.2) is 0 Å². The number of alkyl halides is 6. The Kier molecular flexibility index (Phi) is 5.99. The van der Waals surface area contributed by atoms with Gasteiger partial charge in [0, 0.05) is 30.2 Å². The second kappa shape index (κ2) is 8.67. The monoisotopic (exact) mass is 497 g/mol. The van der Waals surface area contributed by atoms with Crippen molar-refractivity contribution in [1.29, 1.82) is 0 Å². The SMILES string of the molecule is Cc1nc2nc(C(F)(F)F)nn2c(C)c1CCC(=O)Nc1cc(C(F)(F)F)ccc1-n1cccn1. The van der Waals surface area contributed by atoms with Crippen LogP contribution in [0.4, 0.5) is 32.0 Å². The van der Waals surface area contributed by atoms with Crippen molar-refractivity contribution in [2.45, 2.75) is 39.0 Å². The molecule has 1 N–H and O–H groups in total. The highest BCUT2D eigenvalue weighted by Crippen LogP contribution is 2.33. The molecule has 1 aromatic carbocycles. The fourth-order valence-electron chi connectivity index (χ4n) is 3.57. The number of hydrogen-bond donors (Lipinski definition) is 1. The smallest absolute Gasteiger partial charge is 0.324 e. The summed E-state index contributed by atoms with van der Waals surface area (Å²) in [7, 11) is 0. The van der Waals surface area contributed by atoms with E-state index in [2.05, 4.69) is 25.5 Å². The van der Waals surface area contributed by atoms with Crippen molar-refractivity contribution in [2.75, 3.05) is 5.32 Å². The molecule has 0 unspecified atom stereocenters. The Labute approximate surface area is 193 Å². The Bertz CT molecular complexity index is 1390. The summed E-state index contributed by atoms with van der Waals surface area (Å²) in [6, 6.07) is 4.47. The largest absolute Gasteiger partial charge is 0.453 e. The van der Waals surface area contributed by atoms with Gasteiger partial charge in [-0.1, -0.05) is 0 Å². The number of hydrogen-bond acceptors (Lipinski definition) is 5. The highest BCUT2D eigenvalue weighted by molar-refractivity contribution is 5.93. The molecular formula is C21H17F6N7O. The van der Waals surface area contributed by atoms with Gasteiger partial charge in [0.2, 0.25) is 5.91 Å². The van der Waals surface area contributed by atoms with E-state index in [-0.39, 0.29) is 30.0 Å². The molecular weight excluding hydrogens is 480 g/mol. The lowest BCUT2D eigenvalue weighted by Gasteiger charge is -2.15. The highest BCUT2D eigenvalue weighted by atomic mass is 19.4. The number of aromatic nitrogens is 6. The molecule has 0 radical (unpaired) electrons. The average molecular weight is 497 g/mol. The lowest BCUT2D eigenvalue weighted by Crippen LogP contribution is -2.17. The number of nitrogens with one attached hydrogen (secondary N) is 1. The van der Waals surface area contributed by atoms with Crippen LogP contribution in [-0.4, -0.2) is 35.3 Å². The Hall–Kier alpha value is -3.97. The molecule has 14 heteroatoms. The lowest BCUT2D eigenvalue weighted by molar-refractivity contribution is -0.144. The summed E-state index contributed by atoms with van der Waals surface area (Å²) < 4.78 is 80.8. The lowest BCUT2D eigenvalue weighted by atomic mass is 10.1. The first-order valence-corrected chi connectivity index (χ1v) is 10.2. The maximum absolute atomic E-state index is 13.2. The molecule has 0 spiro atoms.